The fourth-order valence-electron chi connectivity index (χ4n) is 5.00. The van der Waals surface area contributed by atoms with Crippen molar-refractivity contribution in [3.63, 3.8) is 0 Å². The summed E-state index contributed by atoms with van der Waals surface area (Å²) in [6.07, 6.45) is 2.93. The van der Waals surface area contributed by atoms with E-state index in [1.165, 1.54) is 5.57 Å². The Balaban J connectivity index is 1.82. The molecule has 0 spiro atoms. The third-order valence-electron chi connectivity index (χ3n) is 6.81. The molecule has 2 aromatic heterocycles. The number of aromatic nitrogens is 1. The van der Waals surface area contributed by atoms with Gasteiger partial charge in [-0.1, -0.05) is 65.8 Å². The van der Waals surface area contributed by atoms with Gasteiger partial charge in [-0.25, -0.2) is 0 Å². The molecular weight excluding hydrogens is 434 g/mol. The first-order chi connectivity index (χ1) is 16.5. The van der Waals surface area contributed by atoms with Crippen LogP contribution in [-0.2, 0) is 11.8 Å². The van der Waals surface area contributed by atoms with E-state index in [9.17, 15) is 4.79 Å². The summed E-state index contributed by atoms with van der Waals surface area (Å²) >= 11 is 0. The van der Waals surface area contributed by atoms with E-state index in [0.29, 0.717) is 12.0 Å². The molecule has 0 bridgehead atoms. The fourth-order valence-corrected chi connectivity index (χ4v) is 5.00. The van der Waals surface area contributed by atoms with Crippen LogP contribution < -0.4 is 4.74 Å². The van der Waals surface area contributed by atoms with Crippen LogP contribution in [0, 0.1) is 5.41 Å². The standard InChI is InChI=1S/C31H33NO3/c1-30(2,3)23-16-17-25-27(28-22(23)18-26(35-28)31(4,5)6)21-10-8-9-11-24(21)32(25)29(33)19-12-14-20(34-7)15-13-19/h8-16,18H,17H2,1-7H3. The van der Waals surface area contributed by atoms with E-state index in [1.807, 2.05) is 47.0 Å². The van der Waals surface area contributed by atoms with Gasteiger partial charge in [0.1, 0.15) is 17.3 Å². The Morgan fingerprint density at radius 3 is 2.26 bits per heavy atom. The molecule has 0 aliphatic heterocycles. The molecule has 4 heteroatoms. The topological polar surface area (TPSA) is 44.4 Å². The molecule has 4 aromatic rings. The number of benzene rings is 2. The van der Waals surface area contributed by atoms with Gasteiger partial charge in [0.2, 0.25) is 0 Å². The molecule has 1 aliphatic carbocycles. The van der Waals surface area contributed by atoms with Crippen molar-refractivity contribution in [2.24, 2.45) is 5.41 Å². The summed E-state index contributed by atoms with van der Waals surface area (Å²) in [5, 5.41) is 1.03. The van der Waals surface area contributed by atoms with E-state index in [0.717, 1.165) is 45.0 Å². The van der Waals surface area contributed by atoms with Crippen LogP contribution in [0.4, 0.5) is 0 Å². The summed E-state index contributed by atoms with van der Waals surface area (Å²) in [5.41, 5.74) is 5.66. The summed E-state index contributed by atoms with van der Waals surface area (Å²) in [4.78, 5) is 13.9. The van der Waals surface area contributed by atoms with Crippen LogP contribution in [0.5, 0.6) is 5.75 Å². The van der Waals surface area contributed by atoms with Crippen LogP contribution in [0.25, 0.3) is 27.8 Å². The van der Waals surface area contributed by atoms with Crippen molar-refractivity contribution < 1.29 is 13.9 Å². The zero-order valence-corrected chi connectivity index (χ0v) is 21.7. The van der Waals surface area contributed by atoms with Crippen LogP contribution in [0.2, 0.25) is 0 Å². The summed E-state index contributed by atoms with van der Waals surface area (Å²) in [7, 11) is 1.63. The third kappa shape index (κ3) is 3.81. The van der Waals surface area contributed by atoms with Gasteiger partial charge in [0.25, 0.3) is 5.91 Å². The summed E-state index contributed by atoms with van der Waals surface area (Å²) in [6, 6.07) is 17.6. The second kappa shape index (κ2) is 8.01. The number of para-hydroxylation sites is 1. The van der Waals surface area contributed by atoms with E-state index in [-0.39, 0.29) is 16.7 Å². The SMILES string of the molecule is COc1ccc(C(=O)n2c3c(c4ccccc42)-c2oc(C(C)(C)C)cc2C(C(C)(C)C)=CC3)cc1. The minimum absolute atomic E-state index is 0.0538. The Morgan fingerprint density at radius 1 is 0.943 bits per heavy atom. The quantitative estimate of drug-likeness (QED) is 0.301. The van der Waals surface area contributed by atoms with Crippen LogP contribution >= 0.6 is 0 Å². The lowest BCUT2D eigenvalue weighted by Gasteiger charge is -2.22. The second-order valence-electron chi connectivity index (χ2n) is 11.4. The van der Waals surface area contributed by atoms with Gasteiger partial charge in [0.05, 0.1) is 12.6 Å². The number of fused-ring (bicyclic) bond motifs is 5. The van der Waals surface area contributed by atoms with E-state index >= 15 is 0 Å². The van der Waals surface area contributed by atoms with Crippen molar-refractivity contribution in [3.8, 4) is 17.1 Å². The van der Waals surface area contributed by atoms with Gasteiger partial charge >= 0.3 is 0 Å². The molecule has 0 radical (unpaired) electrons. The van der Waals surface area contributed by atoms with E-state index in [2.05, 4.69) is 59.8 Å². The predicted molar refractivity (Wildman–Crippen MR) is 142 cm³/mol. The molecule has 2 aromatic carbocycles. The van der Waals surface area contributed by atoms with Gasteiger partial charge in [0, 0.05) is 39.6 Å². The van der Waals surface area contributed by atoms with Gasteiger partial charge in [-0.15, -0.1) is 0 Å². The Hall–Kier alpha value is -3.53. The van der Waals surface area contributed by atoms with Crippen LogP contribution in [0.1, 0.15) is 68.9 Å². The molecule has 5 rings (SSSR count). The largest absolute Gasteiger partial charge is 0.497 e. The van der Waals surface area contributed by atoms with Gasteiger partial charge in [0.15, 0.2) is 0 Å². The average Bonchev–Trinajstić information content (AvgIpc) is 3.33. The highest BCUT2D eigenvalue weighted by Crippen LogP contribution is 2.48. The predicted octanol–water partition coefficient (Wildman–Crippen LogP) is 7.88. The van der Waals surface area contributed by atoms with Gasteiger partial charge in [-0.05, 0) is 47.4 Å². The fraction of sp³-hybridized carbons (Fsp3) is 0.323. The molecule has 0 fully saturated rings. The Labute approximate surface area is 207 Å². The molecule has 0 unspecified atom stereocenters. The normalized spacial score (nSPS) is 13.7. The lowest BCUT2D eigenvalue weighted by Crippen LogP contribution is -2.15. The summed E-state index contributed by atoms with van der Waals surface area (Å²) in [6.45, 7) is 13.2. The maximum Gasteiger partial charge on any atom is 0.262 e. The first kappa shape index (κ1) is 23.2. The summed E-state index contributed by atoms with van der Waals surface area (Å²) < 4.78 is 13.8. The first-order valence-electron chi connectivity index (χ1n) is 12.2. The molecule has 35 heavy (non-hydrogen) atoms. The number of methoxy groups -OCH3 is 1. The maximum atomic E-state index is 13.9. The molecule has 0 atom stereocenters. The number of furan rings is 1. The number of ether oxygens (including phenoxy) is 1. The van der Waals surface area contributed by atoms with Crippen molar-refractivity contribution in [1.29, 1.82) is 0 Å². The molecule has 0 N–H and O–H groups in total. The van der Waals surface area contributed by atoms with Gasteiger partial charge in [-0.2, -0.15) is 0 Å². The minimum atomic E-state index is -0.132. The highest BCUT2D eigenvalue weighted by atomic mass is 16.5. The van der Waals surface area contributed by atoms with Crippen molar-refractivity contribution in [2.75, 3.05) is 7.11 Å². The highest BCUT2D eigenvalue weighted by molar-refractivity contribution is 6.09. The number of allylic oxidation sites excluding steroid dienone is 2. The van der Waals surface area contributed by atoms with Crippen molar-refractivity contribution in [1.82, 2.24) is 4.57 Å². The van der Waals surface area contributed by atoms with Crippen molar-refractivity contribution in [2.45, 2.75) is 53.4 Å². The van der Waals surface area contributed by atoms with E-state index in [1.54, 1.807) is 7.11 Å². The lowest BCUT2D eigenvalue weighted by atomic mass is 9.81. The van der Waals surface area contributed by atoms with Crippen molar-refractivity contribution >= 4 is 22.4 Å². The molecule has 0 saturated heterocycles. The number of carbonyl (C=O) groups excluding carboxylic acids is 1. The number of rotatable bonds is 2. The smallest absolute Gasteiger partial charge is 0.262 e. The summed E-state index contributed by atoms with van der Waals surface area (Å²) in [5.74, 6) is 2.48. The Bertz CT molecular complexity index is 1460. The second-order valence-corrected chi connectivity index (χ2v) is 11.4. The molecule has 180 valence electrons. The zero-order valence-electron chi connectivity index (χ0n) is 21.7. The lowest BCUT2D eigenvalue weighted by molar-refractivity contribution is 0.0962. The number of nitrogens with zero attached hydrogens (tertiary/aromatic N) is 1. The van der Waals surface area contributed by atoms with Crippen molar-refractivity contribution in [3.05, 3.63) is 83.3 Å². The van der Waals surface area contributed by atoms with Crippen LogP contribution in [-0.4, -0.2) is 17.6 Å². The van der Waals surface area contributed by atoms with Crippen LogP contribution in [0.15, 0.2) is 65.1 Å². The molecule has 4 nitrogen and oxygen atoms in total. The Morgan fingerprint density at radius 2 is 1.63 bits per heavy atom. The first-order valence-corrected chi connectivity index (χ1v) is 12.2. The average molecular weight is 468 g/mol. The molecule has 1 aliphatic rings. The third-order valence-corrected chi connectivity index (χ3v) is 6.81. The van der Waals surface area contributed by atoms with Gasteiger partial charge < -0.3 is 9.15 Å². The zero-order chi connectivity index (χ0) is 25.1. The number of hydrogen-bond acceptors (Lipinski definition) is 3. The van der Waals surface area contributed by atoms with Gasteiger partial charge in [-0.3, -0.25) is 9.36 Å². The Kier molecular flexibility index (Phi) is 5.32. The molecule has 2 heterocycles. The molecular formula is C31H33NO3. The van der Waals surface area contributed by atoms with Crippen LogP contribution in [0.3, 0.4) is 0 Å². The van der Waals surface area contributed by atoms with E-state index < -0.39 is 0 Å². The van der Waals surface area contributed by atoms with E-state index in [4.69, 9.17) is 9.15 Å². The molecule has 0 amide bonds. The minimum Gasteiger partial charge on any atom is -0.497 e. The highest BCUT2D eigenvalue weighted by Gasteiger charge is 2.34. The number of hydrogen-bond donors (Lipinski definition) is 0. The maximum absolute atomic E-state index is 13.9. The number of carbonyl (C=O) groups is 1. The monoisotopic (exact) mass is 467 g/mol. The molecule has 0 saturated carbocycles.